The molecule has 5 rings (SSSR count). The Morgan fingerprint density at radius 1 is 1.06 bits per heavy atom. The molecule has 1 aliphatic heterocycles. The van der Waals surface area contributed by atoms with Gasteiger partial charge < -0.3 is 26.1 Å². The third kappa shape index (κ3) is 17.5. The van der Waals surface area contributed by atoms with Crippen LogP contribution < -0.4 is 21.7 Å². The number of pyridine rings is 1. The van der Waals surface area contributed by atoms with Crippen LogP contribution in [0.15, 0.2) is 47.9 Å². The van der Waals surface area contributed by atoms with Gasteiger partial charge in [-0.05, 0) is 118 Å². The van der Waals surface area contributed by atoms with E-state index in [9.17, 15) is 14.4 Å². The first-order chi connectivity index (χ1) is 25.5. The molecule has 53 heavy (non-hydrogen) atoms. The van der Waals surface area contributed by atoms with Crippen LogP contribution in [-0.4, -0.2) is 60.3 Å². The summed E-state index contributed by atoms with van der Waals surface area (Å²) in [5.41, 5.74) is 10.3. The van der Waals surface area contributed by atoms with Gasteiger partial charge in [-0.2, -0.15) is 0 Å². The predicted molar refractivity (Wildman–Crippen MR) is 221 cm³/mol. The van der Waals surface area contributed by atoms with Crippen LogP contribution in [-0.2, 0) is 25.6 Å². The quantitative estimate of drug-likeness (QED) is 0.0638. The molecule has 6 N–H and O–H groups in total. The van der Waals surface area contributed by atoms with E-state index in [4.69, 9.17) is 9.59 Å². The molecule has 0 bridgehead atoms. The zero-order valence-corrected chi connectivity index (χ0v) is 34.0. The molecule has 11 heteroatoms. The highest BCUT2D eigenvalue weighted by atomic mass is 32.2. The summed E-state index contributed by atoms with van der Waals surface area (Å²) in [4.78, 5) is 56.7. The van der Waals surface area contributed by atoms with Crippen LogP contribution in [0, 0.1) is 29.1 Å². The second kappa shape index (κ2) is 27.2. The second-order valence-corrected chi connectivity index (χ2v) is 15.6. The molecule has 2 unspecified atom stereocenters. The van der Waals surface area contributed by atoms with Crippen molar-refractivity contribution in [2.45, 2.75) is 124 Å². The number of allylic oxidation sites excluding steroid dienone is 1. The monoisotopic (exact) mass is 756 g/mol. The minimum absolute atomic E-state index is 0.0200. The number of aromatic amines is 1. The summed E-state index contributed by atoms with van der Waals surface area (Å²) in [7, 11) is 2.12. The van der Waals surface area contributed by atoms with Gasteiger partial charge in [-0.1, -0.05) is 83.5 Å². The first-order valence-corrected chi connectivity index (χ1v) is 20.6. The summed E-state index contributed by atoms with van der Waals surface area (Å²) in [6.07, 6.45) is 22.9. The molecule has 10 nitrogen and oxygen atoms in total. The molecule has 3 aliphatic rings. The SMILES string of the molecule is C=C[C@H](C)C(C(=O)NSCCCC)C1CCCN1C.CCC1(CCCc2ccc3cc[nH]c(=O)c3c2)CC1.C[C@H](C=O)C1CCCC1.NC=O.NC=O. The summed E-state index contributed by atoms with van der Waals surface area (Å²) in [6, 6.07) is 8.59. The van der Waals surface area contributed by atoms with E-state index in [0.29, 0.717) is 23.3 Å². The third-order valence-corrected chi connectivity index (χ3v) is 11.9. The van der Waals surface area contributed by atoms with E-state index in [-0.39, 0.29) is 36.1 Å². The van der Waals surface area contributed by atoms with Gasteiger partial charge in [0.2, 0.25) is 18.7 Å². The first-order valence-electron chi connectivity index (χ1n) is 19.6. The molecule has 1 aromatic carbocycles. The second-order valence-electron chi connectivity index (χ2n) is 14.7. The molecule has 4 atom stereocenters. The molecule has 1 aromatic heterocycles. The maximum atomic E-state index is 12.4. The van der Waals surface area contributed by atoms with Crippen molar-refractivity contribution in [1.82, 2.24) is 14.6 Å². The van der Waals surface area contributed by atoms with Crippen LogP contribution in [0.5, 0.6) is 0 Å². The van der Waals surface area contributed by atoms with Gasteiger partial charge in [0.1, 0.15) is 6.29 Å². The summed E-state index contributed by atoms with van der Waals surface area (Å²) in [5.74, 6) is 2.44. The van der Waals surface area contributed by atoms with Crippen molar-refractivity contribution < 1.29 is 19.2 Å². The Hall–Kier alpha value is -3.44. The van der Waals surface area contributed by atoms with Crippen molar-refractivity contribution in [2.75, 3.05) is 19.3 Å². The fourth-order valence-corrected chi connectivity index (χ4v) is 8.13. The Balaban J connectivity index is 0.000000387. The number of unbranched alkanes of at least 4 members (excludes halogenated alkanes) is 1. The molecular weight excluding hydrogens is 687 g/mol. The lowest BCUT2D eigenvalue weighted by molar-refractivity contribution is -0.126. The van der Waals surface area contributed by atoms with Gasteiger partial charge in [0, 0.05) is 29.3 Å². The van der Waals surface area contributed by atoms with Gasteiger partial charge in [-0.3, -0.25) is 23.9 Å². The van der Waals surface area contributed by atoms with Gasteiger partial charge in [-0.15, -0.1) is 6.58 Å². The van der Waals surface area contributed by atoms with Crippen LogP contribution >= 0.6 is 11.9 Å². The molecule has 2 heterocycles. The molecule has 2 saturated carbocycles. The number of hydrogen-bond donors (Lipinski definition) is 4. The minimum atomic E-state index is 0.0200. The Labute approximate surface area is 323 Å². The zero-order valence-electron chi connectivity index (χ0n) is 33.2. The van der Waals surface area contributed by atoms with Crippen molar-refractivity contribution in [3.05, 3.63) is 59.0 Å². The molecule has 0 radical (unpaired) electrons. The Morgan fingerprint density at radius 3 is 2.25 bits per heavy atom. The number of benzene rings is 1. The predicted octanol–water partition coefficient (Wildman–Crippen LogP) is 7.34. The van der Waals surface area contributed by atoms with Crippen molar-refractivity contribution in [3.63, 3.8) is 0 Å². The third-order valence-electron chi connectivity index (χ3n) is 11.1. The zero-order chi connectivity index (χ0) is 39.6. The van der Waals surface area contributed by atoms with Gasteiger partial charge in [0.15, 0.2) is 0 Å². The van der Waals surface area contributed by atoms with E-state index in [1.807, 2.05) is 19.1 Å². The van der Waals surface area contributed by atoms with Gasteiger partial charge >= 0.3 is 0 Å². The number of nitrogens with two attached hydrogens (primary N) is 2. The molecular formula is C42H69N5O5S. The Morgan fingerprint density at radius 2 is 1.72 bits per heavy atom. The van der Waals surface area contributed by atoms with E-state index >= 15 is 0 Å². The number of likely N-dealkylation sites (tertiary alicyclic amines) is 1. The van der Waals surface area contributed by atoms with E-state index in [1.165, 1.54) is 76.2 Å². The van der Waals surface area contributed by atoms with Gasteiger partial charge in [0.25, 0.3) is 5.56 Å². The Kier molecular flexibility index (Phi) is 24.4. The molecule has 298 valence electrons. The van der Waals surface area contributed by atoms with Gasteiger partial charge in [-0.25, -0.2) is 0 Å². The van der Waals surface area contributed by atoms with Crippen LogP contribution in [0.3, 0.4) is 0 Å². The fourth-order valence-electron chi connectivity index (χ4n) is 7.31. The number of fused-ring (bicyclic) bond motifs is 1. The van der Waals surface area contributed by atoms with Crippen molar-refractivity contribution in [1.29, 1.82) is 0 Å². The maximum absolute atomic E-state index is 12.4. The highest BCUT2D eigenvalue weighted by molar-refractivity contribution is 7.97. The number of nitrogens with zero attached hydrogens (tertiary/aromatic N) is 1. The number of amides is 3. The lowest BCUT2D eigenvalue weighted by atomic mass is 9.85. The van der Waals surface area contributed by atoms with Crippen molar-refractivity contribution in [2.24, 2.45) is 40.6 Å². The number of carbonyl (C=O) groups is 4. The number of aldehydes is 1. The highest BCUT2D eigenvalue weighted by Crippen LogP contribution is 2.52. The van der Waals surface area contributed by atoms with E-state index in [2.05, 4.69) is 78.7 Å². The van der Waals surface area contributed by atoms with Crippen LogP contribution in [0.25, 0.3) is 10.8 Å². The largest absolute Gasteiger partial charge is 0.372 e. The smallest absolute Gasteiger partial charge is 0.255 e. The van der Waals surface area contributed by atoms with Crippen LogP contribution in [0.1, 0.15) is 117 Å². The number of aromatic nitrogens is 1. The summed E-state index contributed by atoms with van der Waals surface area (Å²) in [5, 5.41) is 1.84. The number of primary amides is 2. The summed E-state index contributed by atoms with van der Waals surface area (Å²) < 4.78 is 3.03. The lowest BCUT2D eigenvalue weighted by Gasteiger charge is -2.31. The number of hydrogen-bond acceptors (Lipinski definition) is 7. The Bertz CT molecular complexity index is 1400. The topological polar surface area (TPSA) is 168 Å². The maximum Gasteiger partial charge on any atom is 0.255 e. The summed E-state index contributed by atoms with van der Waals surface area (Å²) in [6.45, 7) is 13.6. The minimum Gasteiger partial charge on any atom is -0.372 e. The van der Waals surface area contributed by atoms with Gasteiger partial charge in [0.05, 0.1) is 5.92 Å². The number of rotatable bonds is 15. The average molecular weight is 756 g/mol. The average Bonchev–Trinajstić information content (AvgIpc) is 3.49. The van der Waals surface area contributed by atoms with E-state index < -0.39 is 0 Å². The number of carbonyl (C=O) groups excluding carboxylic acids is 4. The standard InChI is InChI=1S/C17H21NO.C15H28N2OS.C8H14O.2CH3NO/c1-2-17(9-10-17)8-3-4-13-5-6-14-7-11-18-16(19)15(14)12-13;1-5-7-11-19-16-15(18)14(12(3)6-2)13-9-8-10-17(13)4;1-7(6-9)8-4-2-3-5-8;2*2-1-3/h5-7,11-12H,2-4,8-10H2,1H3,(H,18,19);6,12-14H,2,5,7-11H2,1,3-4H3,(H,16,18);6-8H,2-5H2,1H3;2*1H,(H2,2,3)/t;12-,13?,14?;7-;;/m.01../s1. The fraction of sp³-hybridized carbons (Fsp3) is 0.643. The number of aryl methyl sites for hydroxylation is 1. The van der Waals surface area contributed by atoms with Crippen molar-refractivity contribution in [3.8, 4) is 0 Å². The highest BCUT2D eigenvalue weighted by Gasteiger charge is 2.39. The van der Waals surface area contributed by atoms with Crippen LogP contribution in [0.2, 0.25) is 0 Å². The summed E-state index contributed by atoms with van der Waals surface area (Å²) >= 11 is 1.55. The molecule has 2 aromatic rings. The lowest BCUT2D eigenvalue weighted by Crippen LogP contribution is -2.43. The molecule has 3 fully saturated rings. The molecule has 3 amide bonds. The normalized spacial score (nSPS) is 18.8. The molecule has 1 saturated heterocycles. The number of nitrogens with one attached hydrogen (secondary N) is 2. The molecule has 2 aliphatic carbocycles. The number of H-pyrrole nitrogens is 1. The molecule has 0 spiro atoms. The van der Waals surface area contributed by atoms with Crippen molar-refractivity contribution >= 4 is 47.7 Å². The first kappa shape index (κ1) is 47.6. The van der Waals surface area contributed by atoms with Crippen LogP contribution in [0.4, 0.5) is 0 Å². The van der Waals surface area contributed by atoms with E-state index in [0.717, 1.165) is 48.6 Å². The van der Waals surface area contributed by atoms with E-state index in [1.54, 1.807) is 18.1 Å².